The average molecular weight is 321 g/mol. The Morgan fingerprint density at radius 2 is 1.82 bits per heavy atom. The lowest BCUT2D eigenvalue weighted by Crippen LogP contribution is -2.12. The van der Waals surface area contributed by atoms with Crippen molar-refractivity contribution in [3.05, 3.63) is 59.2 Å². The fraction of sp³-hybridized carbons (Fsp3) is 0.235. The Morgan fingerprint density at radius 3 is 2.50 bits per heavy atom. The van der Waals surface area contributed by atoms with E-state index in [0.29, 0.717) is 17.1 Å². The zero-order valence-electron chi connectivity index (χ0n) is 12.5. The number of halogens is 2. The maximum absolute atomic E-state index is 13.1. The van der Waals surface area contributed by atoms with E-state index in [2.05, 4.69) is 5.32 Å². The van der Waals surface area contributed by atoms with Gasteiger partial charge in [-0.25, -0.2) is 8.78 Å². The smallest absolute Gasteiger partial charge is 0.225 e. The summed E-state index contributed by atoms with van der Waals surface area (Å²) in [6.07, 6.45) is 0.302. The van der Waals surface area contributed by atoms with Gasteiger partial charge in [0.2, 0.25) is 5.91 Å². The molecule has 0 heterocycles. The Balaban J connectivity index is 1.82. The Kier molecular flexibility index (Phi) is 5.55. The predicted molar refractivity (Wildman–Crippen MR) is 86.2 cm³/mol. The molecule has 0 saturated heterocycles. The molecule has 0 spiro atoms. The zero-order chi connectivity index (χ0) is 16.1. The molecule has 1 N–H and O–H groups in total. The standard InChI is InChI=1S/C17H17F2NOS/c1-11-3-4-13(9-12(11)2)20-17(21)7-8-22-14-5-6-15(18)16(19)10-14/h3-6,9-10H,7-8H2,1-2H3,(H,20,21). The Labute approximate surface area is 132 Å². The van der Waals surface area contributed by atoms with Crippen molar-refractivity contribution >= 4 is 23.4 Å². The molecular weight excluding hydrogens is 304 g/mol. The Bertz CT molecular complexity index is 688. The second kappa shape index (κ2) is 7.40. The molecule has 0 aliphatic rings. The van der Waals surface area contributed by atoms with Gasteiger partial charge in [-0.1, -0.05) is 6.07 Å². The van der Waals surface area contributed by atoms with Crippen molar-refractivity contribution in [2.75, 3.05) is 11.1 Å². The lowest BCUT2D eigenvalue weighted by Gasteiger charge is -2.07. The predicted octanol–water partition coefficient (Wildman–Crippen LogP) is 4.70. The van der Waals surface area contributed by atoms with E-state index in [1.165, 1.54) is 23.4 Å². The first-order chi connectivity index (χ1) is 10.5. The molecule has 0 aliphatic carbocycles. The molecule has 0 atom stereocenters. The first-order valence-corrected chi connectivity index (χ1v) is 7.89. The Hall–Kier alpha value is -1.88. The third-order valence-corrected chi connectivity index (χ3v) is 4.28. The minimum Gasteiger partial charge on any atom is -0.326 e. The third-order valence-electron chi connectivity index (χ3n) is 3.28. The molecule has 0 aromatic heterocycles. The fourth-order valence-electron chi connectivity index (χ4n) is 1.87. The molecule has 1 amide bonds. The van der Waals surface area contributed by atoms with Crippen LogP contribution >= 0.6 is 11.8 Å². The van der Waals surface area contributed by atoms with Gasteiger partial charge in [-0.05, 0) is 55.3 Å². The van der Waals surface area contributed by atoms with Crippen LogP contribution in [0.2, 0.25) is 0 Å². The fourth-order valence-corrected chi connectivity index (χ4v) is 2.75. The normalized spacial score (nSPS) is 10.5. The number of aryl methyl sites for hydroxylation is 2. The van der Waals surface area contributed by atoms with E-state index < -0.39 is 11.6 Å². The van der Waals surface area contributed by atoms with E-state index in [0.717, 1.165) is 23.4 Å². The van der Waals surface area contributed by atoms with Gasteiger partial charge in [-0.15, -0.1) is 11.8 Å². The van der Waals surface area contributed by atoms with E-state index in [1.54, 1.807) is 0 Å². The minimum absolute atomic E-state index is 0.0988. The summed E-state index contributed by atoms with van der Waals surface area (Å²) in [5.41, 5.74) is 3.06. The lowest BCUT2D eigenvalue weighted by atomic mass is 10.1. The monoisotopic (exact) mass is 321 g/mol. The number of anilines is 1. The first kappa shape index (κ1) is 16.5. The summed E-state index contributed by atoms with van der Waals surface area (Å²) in [6, 6.07) is 9.48. The quantitative estimate of drug-likeness (QED) is 0.809. The average Bonchev–Trinajstić information content (AvgIpc) is 2.47. The highest BCUT2D eigenvalue weighted by molar-refractivity contribution is 7.99. The summed E-state index contributed by atoms with van der Waals surface area (Å²) in [5, 5.41) is 2.83. The van der Waals surface area contributed by atoms with E-state index in [-0.39, 0.29) is 5.91 Å². The Morgan fingerprint density at radius 1 is 1.05 bits per heavy atom. The number of nitrogens with one attached hydrogen (secondary N) is 1. The van der Waals surface area contributed by atoms with Crippen LogP contribution in [-0.4, -0.2) is 11.7 Å². The highest BCUT2D eigenvalue weighted by atomic mass is 32.2. The van der Waals surface area contributed by atoms with Gasteiger partial charge in [0.15, 0.2) is 11.6 Å². The SMILES string of the molecule is Cc1ccc(NC(=O)CCSc2ccc(F)c(F)c2)cc1C. The third kappa shape index (κ3) is 4.56. The van der Waals surface area contributed by atoms with Crippen LogP contribution in [0.3, 0.4) is 0 Å². The number of amides is 1. The number of thioether (sulfide) groups is 1. The van der Waals surface area contributed by atoms with Crippen LogP contribution in [0, 0.1) is 25.5 Å². The van der Waals surface area contributed by atoms with E-state index in [9.17, 15) is 13.6 Å². The van der Waals surface area contributed by atoms with Crippen molar-refractivity contribution in [2.24, 2.45) is 0 Å². The summed E-state index contributed by atoms with van der Waals surface area (Å²) >= 11 is 1.32. The summed E-state index contributed by atoms with van der Waals surface area (Å²) in [4.78, 5) is 12.5. The zero-order valence-corrected chi connectivity index (χ0v) is 13.3. The largest absolute Gasteiger partial charge is 0.326 e. The van der Waals surface area contributed by atoms with E-state index in [1.807, 2.05) is 32.0 Å². The highest BCUT2D eigenvalue weighted by Crippen LogP contribution is 2.21. The number of rotatable bonds is 5. The molecule has 2 aromatic rings. The summed E-state index contributed by atoms with van der Waals surface area (Å²) in [7, 11) is 0. The van der Waals surface area contributed by atoms with Crippen molar-refractivity contribution in [2.45, 2.75) is 25.2 Å². The van der Waals surface area contributed by atoms with Crippen LogP contribution < -0.4 is 5.32 Å². The van der Waals surface area contributed by atoms with Gasteiger partial charge in [-0.3, -0.25) is 4.79 Å². The van der Waals surface area contributed by atoms with Gasteiger partial charge in [0.05, 0.1) is 0 Å². The molecular formula is C17H17F2NOS. The van der Waals surface area contributed by atoms with Crippen molar-refractivity contribution in [1.29, 1.82) is 0 Å². The molecule has 2 aromatic carbocycles. The first-order valence-electron chi connectivity index (χ1n) is 6.90. The summed E-state index contributed by atoms with van der Waals surface area (Å²) in [6.45, 7) is 4.00. The van der Waals surface area contributed by atoms with Gasteiger partial charge < -0.3 is 5.32 Å². The second-order valence-corrected chi connectivity index (χ2v) is 6.19. The number of benzene rings is 2. The van der Waals surface area contributed by atoms with E-state index >= 15 is 0 Å². The molecule has 116 valence electrons. The molecule has 22 heavy (non-hydrogen) atoms. The van der Waals surface area contributed by atoms with Gasteiger partial charge in [0.1, 0.15) is 0 Å². The van der Waals surface area contributed by atoms with Crippen molar-refractivity contribution < 1.29 is 13.6 Å². The molecule has 0 unspecified atom stereocenters. The number of carbonyl (C=O) groups is 1. The molecule has 0 aliphatic heterocycles. The number of hydrogen-bond donors (Lipinski definition) is 1. The van der Waals surface area contributed by atoms with Gasteiger partial charge in [0.25, 0.3) is 0 Å². The van der Waals surface area contributed by atoms with Gasteiger partial charge in [0, 0.05) is 22.8 Å². The number of carbonyl (C=O) groups excluding carboxylic acids is 1. The minimum atomic E-state index is -0.871. The van der Waals surface area contributed by atoms with Crippen molar-refractivity contribution in [1.82, 2.24) is 0 Å². The summed E-state index contributed by atoms with van der Waals surface area (Å²) in [5.74, 6) is -1.33. The topological polar surface area (TPSA) is 29.1 Å². The van der Waals surface area contributed by atoms with Crippen LogP contribution in [0.5, 0.6) is 0 Å². The van der Waals surface area contributed by atoms with E-state index in [4.69, 9.17) is 0 Å². The molecule has 2 nitrogen and oxygen atoms in total. The molecule has 0 fully saturated rings. The summed E-state index contributed by atoms with van der Waals surface area (Å²) < 4.78 is 25.9. The molecule has 2 rings (SSSR count). The van der Waals surface area contributed by atoms with Crippen LogP contribution in [-0.2, 0) is 4.79 Å². The highest BCUT2D eigenvalue weighted by Gasteiger charge is 2.06. The second-order valence-electron chi connectivity index (χ2n) is 5.02. The van der Waals surface area contributed by atoms with Crippen molar-refractivity contribution in [3.8, 4) is 0 Å². The van der Waals surface area contributed by atoms with Crippen LogP contribution in [0.25, 0.3) is 0 Å². The molecule has 0 saturated carbocycles. The maximum atomic E-state index is 13.1. The van der Waals surface area contributed by atoms with Crippen LogP contribution in [0.1, 0.15) is 17.5 Å². The number of hydrogen-bond acceptors (Lipinski definition) is 2. The molecule has 0 radical (unpaired) electrons. The van der Waals surface area contributed by atoms with Crippen LogP contribution in [0.15, 0.2) is 41.3 Å². The lowest BCUT2D eigenvalue weighted by molar-refractivity contribution is -0.115. The maximum Gasteiger partial charge on any atom is 0.225 e. The molecule has 0 bridgehead atoms. The van der Waals surface area contributed by atoms with Gasteiger partial charge >= 0.3 is 0 Å². The van der Waals surface area contributed by atoms with Crippen molar-refractivity contribution in [3.63, 3.8) is 0 Å². The molecule has 5 heteroatoms. The van der Waals surface area contributed by atoms with Gasteiger partial charge in [-0.2, -0.15) is 0 Å². The van der Waals surface area contributed by atoms with Crippen LogP contribution in [0.4, 0.5) is 14.5 Å².